The van der Waals surface area contributed by atoms with Gasteiger partial charge < -0.3 is 0 Å². The summed E-state index contributed by atoms with van der Waals surface area (Å²) in [5.74, 6) is 0. The van der Waals surface area contributed by atoms with Crippen molar-refractivity contribution in [2.75, 3.05) is 0 Å². The van der Waals surface area contributed by atoms with Crippen molar-refractivity contribution in [2.24, 2.45) is 0 Å². The molecule has 0 atom stereocenters. The lowest BCUT2D eigenvalue weighted by Gasteiger charge is -2.28. The average molecular weight is 360 g/mol. The van der Waals surface area contributed by atoms with Crippen LogP contribution in [0.15, 0.2) is 91.0 Å². The molecule has 0 aliphatic rings. The van der Waals surface area contributed by atoms with Crippen LogP contribution in [0.4, 0.5) is 0 Å². The molecule has 0 fully saturated rings. The minimum Gasteiger partial charge on any atom is -0.197 e. The number of benzene rings is 3. The standard InChI is InChI=1S/C20H15N.3C2H6/c21-16-20(17-10-4-1-5-11-17,18-12-6-2-7-13-18)19-14-8-3-9-15-19;3*1-2/h1-15H;3*1-2H3. The second kappa shape index (κ2) is 14.3. The Morgan fingerprint density at radius 2 is 0.704 bits per heavy atom. The van der Waals surface area contributed by atoms with Crippen molar-refractivity contribution in [1.82, 2.24) is 0 Å². The van der Waals surface area contributed by atoms with E-state index in [-0.39, 0.29) is 0 Å². The molecule has 0 radical (unpaired) electrons. The van der Waals surface area contributed by atoms with Gasteiger partial charge in [-0.25, -0.2) is 0 Å². The smallest absolute Gasteiger partial charge is 0.132 e. The monoisotopic (exact) mass is 359 g/mol. The Morgan fingerprint density at radius 1 is 0.481 bits per heavy atom. The summed E-state index contributed by atoms with van der Waals surface area (Å²) in [6.07, 6.45) is 0. The fourth-order valence-corrected chi connectivity index (χ4v) is 2.76. The van der Waals surface area contributed by atoms with E-state index in [0.717, 1.165) is 16.7 Å². The first-order valence-electron chi connectivity index (χ1n) is 9.96. The summed E-state index contributed by atoms with van der Waals surface area (Å²) >= 11 is 0. The Morgan fingerprint density at radius 3 is 0.889 bits per heavy atom. The van der Waals surface area contributed by atoms with Crippen LogP contribution in [0.1, 0.15) is 58.2 Å². The summed E-state index contributed by atoms with van der Waals surface area (Å²) in [4.78, 5) is 0. The van der Waals surface area contributed by atoms with Gasteiger partial charge in [0.15, 0.2) is 0 Å². The van der Waals surface area contributed by atoms with E-state index >= 15 is 0 Å². The highest BCUT2D eigenvalue weighted by atomic mass is 14.4. The molecule has 0 amide bonds. The molecule has 3 aromatic rings. The van der Waals surface area contributed by atoms with Crippen LogP contribution in [0.25, 0.3) is 0 Å². The molecule has 0 saturated heterocycles. The Hall–Kier alpha value is -2.85. The van der Waals surface area contributed by atoms with Crippen LogP contribution in [0.3, 0.4) is 0 Å². The van der Waals surface area contributed by atoms with Gasteiger partial charge in [-0.1, -0.05) is 133 Å². The molecular formula is C26H33N. The molecule has 0 unspecified atom stereocenters. The van der Waals surface area contributed by atoms with Crippen LogP contribution in [-0.2, 0) is 5.41 Å². The molecule has 142 valence electrons. The number of nitrogens with zero attached hydrogens (tertiary/aromatic N) is 1. The van der Waals surface area contributed by atoms with Crippen LogP contribution < -0.4 is 0 Å². The van der Waals surface area contributed by atoms with Gasteiger partial charge in [-0.2, -0.15) is 5.26 Å². The van der Waals surface area contributed by atoms with E-state index in [9.17, 15) is 5.26 Å². The molecule has 27 heavy (non-hydrogen) atoms. The fourth-order valence-electron chi connectivity index (χ4n) is 2.76. The van der Waals surface area contributed by atoms with Crippen LogP contribution in [-0.4, -0.2) is 0 Å². The second-order valence-corrected chi connectivity index (χ2v) is 4.96. The number of nitriles is 1. The summed E-state index contributed by atoms with van der Waals surface area (Å²) in [5.41, 5.74) is 2.20. The molecule has 0 saturated carbocycles. The molecule has 0 heterocycles. The van der Waals surface area contributed by atoms with E-state index in [1.165, 1.54) is 0 Å². The third-order valence-electron chi connectivity index (χ3n) is 3.79. The minimum absolute atomic E-state index is 0.774. The van der Waals surface area contributed by atoms with Crippen molar-refractivity contribution in [2.45, 2.75) is 47.0 Å². The molecule has 0 aliphatic carbocycles. The van der Waals surface area contributed by atoms with Crippen molar-refractivity contribution in [3.63, 3.8) is 0 Å². The van der Waals surface area contributed by atoms with E-state index in [0.29, 0.717) is 0 Å². The van der Waals surface area contributed by atoms with Crippen molar-refractivity contribution in [3.8, 4) is 6.07 Å². The summed E-state index contributed by atoms with van der Waals surface area (Å²) in [6.45, 7) is 12.0. The van der Waals surface area contributed by atoms with Gasteiger partial charge in [0.05, 0.1) is 6.07 Å². The normalized spacial score (nSPS) is 9.07. The molecule has 0 spiro atoms. The lowest BCUT2D eigenvalue weighted by Crippen LogP contribution is -2.27. The topological polar surface area (TPSA) is 23.8 Å². The zero-order valence-corrected chi connectivity index (χ0v) is 17.6. The van der Waals surface area contributed by atoms with Gasteiger partial charge in [0.25, 0.3) is 0 Å². The van der Waals surface area contributed by atoms with Gasteiger partial charge >= 0.3 is 0 Å². The lowest BCUT2D eigenvalue weighted by molar-refractivity contribution is 0.795. The van der Waals surface area contributed by atoms with Crippen molar-refractivity contribution < 1.29 is 0 Å². The van der Waals surface area contributed by atoms with Gasteiger partial charge in [0, 0.05) is 0 Å². The van der Waals surface area contributed by atoms with Crippen LogP contribution in [0.2, 0.25) is 0 Å². The van der Waals surface area contributed by atoms with E-state index in [4.69, 9.17) is 0 Å². The van der Waals surface area contributed by atoms with Crippen LogP contribution in [0.5, 0.6) is 0 Å². The molecule has 1 heteroatoms. The molecule has 0 aliphatic heterocycles. The highest BCUT2D eigenvalue weighted by molar-refractivity contribution is 5.56. The summed E-state index contributed by atoms with van der Waals surface area (Å²) < 4.78 is 0. The highest BCUT2D eigenvalue weighted by Crippen LogP contribution is 2.38. The quantitative estimate of drug-likeness (QED) is 0.441. The molecule has 0 bridgehead atoms. The molecule has 1 nitrogen and oxygen atoms in total. The molecule has 0 N–H and O–H groups in total. The summed E-state index contributed by atoms with van der Waals surface area (Å²) in [7, 11) is 0. The lowest BCUT2D eigenvalue weighted by atomic mass is 9.71. The van der Waals surface area contributed by atoms with Crippen LogP contribution in [0, 0.1) is 11.3 Å². The maximum absolute atomic E-state index is 10.1. The van der Waals surface area contributed by atoms with Gasteiger partial charge in [-0.15, -0.1) is 0 Å². The third kappa shape index (κ3) is 5.83. The molecular weight excluding hydrogens is 326 g/mol. The molecule has 3 rings (SSSR count). The van der Waals surface area contributed by atoms with E-state index in [1.54, 1.807) is 0 Å². The first-order valence-corrected chi connectivity index (χ1v) is 9.96. The SMILES string of the molecule is CC.CC.CC.N#CC(c1ccccc1)(c1ccccc1)c1ccccc1. The number of hydrogen-bond donors (Lipinski definition) is 0. The molecule has 0 aromatic heterocycles. The predicted molar refractivity (Wildman–Crippen MR) is 119 cm³/mol. The predicted octanol–water partition coefficient (Wildman–Crippen LogP) is 7.62. The Balaban J connectivity index is 0.00000103. The average Bonchev–Trinajstić information content (AvgIpc) is 2.81. The zero-order chi connectivity index (χ0) is 20.5. The van der Waals surface area contributed by atoms with Crippen molar-refractivity contribution in [1.29, 1.82) is 5.26 Å². The van der Waals surface area contributed by atoms with Gasteiger partial charge in [0.2, 0.25) is 0 Å². The van der Waals surface area contributed by atoms with E-state index in [1.807, 2.05) is 133 Å². The second-order valence-electron chi connectivity index (χ2n) is 4.96. The summed E-state index contributed by atoms with van der Waals surface area (Å²) in [6, 6.07) is 32.5. The highest BCUT2D eigenvalue weighted by Gasteiger charge is 2.36. The Kier molecular flexibility index (Phi) is 12.8. The minimum atomic E-state index is -0.774. The Labute approximate surface area is 166 Å². The summed E-state index contributed by atoms with van der Waals surface area (Å²) in [5, 5.41) is 10.1. The zero-order valence-electron chi connectivity index (χ0n) is 17.6. The van der Waals surface area contributed by atoms with Gasteiger partial charge in [-0.05, 0) is 16.7 Å². The largest absolute Gasteiger partial charge is 0.197 e. The maximum atomic E-state index is 10.1. The fraction of sp³-hybridized carbons (Fsp3) is 0.269. The third-order valence-corrected chi connectivity index (χ3v) is 3.79. The Bertz CT molecular complexity index is 644. The van der Waals surface area contributed by atoms with Gasteiger partial charge in [0.1, 0.15) is 5.41 Å². The first kappa shape index (κ1) is 24.2. The van der Waals surface area contributed by atoms with Crippen molar-refractivity contribution in [3.05, 3.63) is 108 Å². The van der Waals surface area contributed by atoms with Crippen LogP contribution >= 0.6 is 0 Å². The first-order chi connectivity index (χ1) is 13.4. The number of rotatable bonds is 3. The molecule has 3 aromatic carbocycles. The maximum Gasteiger partial charge on any atom is 0.132 e. The van der Waals surface area contributed by atoms with E-state index < -0.39 is 5.41 Å². The van der Waals surface area contributed by atoms with Gasteiger partial charge in [-0.3, -0.25) is 0 Å². The number of hydrogen-bond acceptors (Lipinski definition) is 1. The van der Waals surface area contributed by atoms with E-state index in [2.05, 4.69) is 6.07 Å². The van der Waals surface area contributed by atoms with Crippen molar-refractivity contribution >= 4 is 0 Å².